The molecule has 32 heavy (non-hydrogen) atoms. The van der Waals surface area contributed by atoms with Gasteiger partial charge in [-0.15, -0.1) is 0 Å². The van der Waals surface area contributed by atoms with Crippen molar-refractivity contribution in [3.63, 3.8) is 0 Å². The van der Waals surface area contributed by atoms with Crippen molar-refractivity contribution in [1.29, 1.82) is 0 Å². The van der Waals surface area contributed by atoms with E-state index in [2.05, 4.69) is 4.72 Å². The Morgan fingerprint density at radius 1 is 1.12 bits per heavy atom. The van der Waals surface area contributed by atoms with Gasteiger partial charge in [-0.1, -0.05) is 0 Å². The fourth-order valence-corrected chi connectivity index (χ4v) is 4.57. The van der Waals surface area contributed by atoms with Crippen LogP contribution >= 0.6 is 11.8 Å². The first-order valence-electron chi connectivity index (χ1n) is 9.66. The van der Waals surface area contributed by atoms with Crippen LogP contribution in [0.1, 0.15) is 16.8 Å². The number of nitrogens with one attached hydrogen (secondary N) is 1. The third-order valence-electron chi connectivity index (χ3n) is 4.53. The summed E-state index contributed by atoms with van der Waals surface area (Å²) in [5.41, 5.74) is 0.178. The molecule has 1 unspecified atom stereocenters. The Morgan fingerprint density at radius 3 is 2.50 bits per heavy atom. The molecule has 0 spiro atoms. The molecule has 0 amide bonds. The van der Waals surface area contributed by atoms with Crippen molar-refractivity contribution in [2.75, 3.05) is 31.8 Å². The number of Topliss-reactive ketones (excluding diaryl/α,β-unsaturated/α-hetero) is 1. The van der Waals surface area contributed by atoms with E-state index in [0.29, 0.717) is 30.5 Å². The zero-order valence-corrected chi connectivity index (χ0v) is 18.8. The van der Waals surface area contributed by atoms with Gasteiger partial charge in [0, 0.05) is 11.6 Å². The fraction of sp³-hybridized carbons (Fsp3) is 0.333. The number of ketones is 1. The summed E-state index contributed by atoms with van der Waals surface area (Å²) < 4.78 is 56.9. The maximum atomic E-state index is 13.0. The van der Waals surface area contributed by atoms with Gasteiger partial charge in [0.15, 0.2) is 23.9 Å². The molecule has 0 aliphatic carbocycles. The number of thioether (sulfide) groups is 1. The van der Waals surface area contributed by atoms with E-state index in [1.807, 2.05) is 6.26 Å². The standard InChI is InChI=1S/C21H22FNO7S2/c1-31-11-8-17(21(25)30-13-18(24)14-2-4-15(22)5-3-14)23-32(26,27)16-6-7-19-20(12-16)29-10-9-28-19/h2-7,12,17,23H,8-11,13H2,1H3. The molecule has 0 fully saturated rings. The average Bonchev–Trinajstić information content (AvgIpc) is 2.80. The van der Waals surface area contributed by atoms with Crippen LogP contribution in [0.5, 0.6) is 11.5 Å². The average molecular weight is 484 g/mol. The molecule has 2 aromatic rings. The van der Waals surface area contributed by atoms with Gasteiger partial charge < -0.3 is 14.2 Å². The Morgan fingerprint density at radius 2 is 1.81 bits per heavy atom. The molecule has 3 rings (SSSR count). The second-order valence-electron chi connectivity index (χ2n) is 6.80. The van der Waals surface area contributed by atoms with E-state index >= 15 is 0 Å². The number of halogens is 1. The zero-order chi connectivity index (χ0) is 23.1. The predicted molar refractivity (Wildman–Crippen MR) is 116 cm³/mol. The van der Waals surface area contributed by atoms with E-state index in [4.69, 9.17) is 14.2 Å². The number of carbonyl (C=O) groups is 2. The Labute approximate surface area is 189 Å². The Balaban J connectivity index is 1.68. The minimum absolute atomic E-state index is 0.0916. The number of sulfonamides is 1. The van der Waals surface area contributed by atoms with Crippen LogP contribution in [0.15, 0.2) is 47.4 Å². The topological polar surface area (TPSA) is 108 Å². The SMILES string of the molecule is CSCCC(NS(=O)(=O)c1ccc2c(c1)OCCO2)C(=O)OCC(=O)c1ccc(F)cc1. The summed E-state index contributed by atoms with van der Waals surface area (Å²) in [4.78, 5) is 24.6. The summed E-state index contributed by atoms with van der Waals surface area (Å²) in [7, 11) is -4.09. The van der Waals surface area contributed by atoms with Crippen LogP contribution in [0.3, 0.4) is 0 Å². The van der Waals surface area contributed by atoms with Gasteiger partial charge >= 0.3 is 5.97 Å². The van der Waals surface area contributed by atoms with Crippen LogP contribution in [-0.4, -0.2) is 58.0 Å². The number of hydrogen-bond donors (Lipinski definition) is 1. The maximum absolute atomic E-state index is 13.0. The molecule has 1 aliphatic rings. The highest BCUT2D eigenvalue weighted by atomic mass is 32.2. The van der Waals surface area contributed by atoms with Crippen LogP contribution in [-0.2, 0) is 19.6 Å². The van der Waals surface area contributed by atoms with Gasteiger partial charge in [-0.2, -0.15) is 16.5 Å². The molecule has 0 saturated carbocycles. The maximum Gasteiger partial charge on any atom is 0.324 e. The molecule has 8 nitrogen and oxygen atoms in total. The van der Waals surface area contributed by atoms with E-state index in [-0.39, 0.29) is 16.9 Å². The predicted octanol–water partition coefficient (Wildman–Crippen LogP) is 2.42. The van der Waals surface area contributed by atoms with Crippen LogP contribution < -0.4 is 14.2 Å². The van der Waals surface area contributed by atoms with E-state index in [0.717, 1.165) is 12.1 Å². The number of hydrogen-bond acceptors (Lipinski definition) is 8. The number of carbonyl (C=O) groups excluding carboxylic acids is 2. The van der Waals surface area contributed by atoms with Gasteiger partial charge in [0.2, 0.25) is 10.0 Å². The lowest BCUT2D eigenvalue weighted by Crippen LogP contribution is -2.42. The minimum Gasteiger partial charge on any atom is -0.486 e. The van der Waals surface area contributed by atoms with Crippen molar-refractivity contribution in [1.82, 2.24) is 4.72 Å². The lowest BCUT2D eigenvalue weighted by molar-refractivity contribution is -0.144. The molecular formula is C21H22FNO7S2. The summed E-state index contributed by atoms with van der Waals surface area (Å²) in [6.45, 7) is 0.0806. The molecule has 1 N–H and O–H groups in total. The third-order valence-corrected chi connectivity index (χ3v) is 6.64. The number of ether oxygens (including phenoxy) is 3. The van der Waals surface area contributed by atoms with E-state index in [9.17, 15) is 22.4 Å². The molecule has 1 atom stereocenters. The largest absolute Gasteiger partial charge is 0.486 e. The molecule has 11 heteroatoms. The van der Waals surface area contributed by atoms with Crippen molar-refractivity contribution >= 4 is 33.5 Å². The van der Waals surface area contributed by atoms with E-state index in [1.54, 1.807) is 0 Å². The molecular weight excluding hydrogens is 461 g/mol. The Hall–Kier alpha value is -2.63. The van der Waals surface area contributed by atoms with Crippen molar-refractivity contribution in [2.45, 2.75) is 17.4 Å². The molecule has 0 saturated heterocycles. The van der Waals surface area contributed by atoms with Crippen LogP contribution in [0.25, 0.3) is 0 Å². The van der Waals surface area contributed by atoms with Gasteiger partial charge in [0.05, 0.1) is 4.90 Å². The van der Waals surface area contributed by atoms with E-state index in [1.165, 1.54) is 42.1 Å². The van der Waals surface area contributed by atoms with E-state index < -0.39 is 40.2 Å². The van der Waals surface area contributed by atoms with Crippen molar-refractivity contribution in [3.8, 4) is 11.5 Å². The van der Waals surface area contributed by atoms with Crippen molar-refractivity contribution in [2.24, 2.45) is 0 Å². The highest BCUT2D eigenvalue weighted by Gasteiger charge is 2.28. The molecule has 0 radical (unpaired) electrons. The van der Waals surface area contributed by atoms with Crippen molar-refractivity contribution in [3.05, 3.63) is 53.8 Å². The minimum atomic E-state index is -4.09. The summed E-state index contributed by atoms with van der Waals surface area (Å²) in [5.74, 6) is -0.688. The molecule has 0 aromatic heterocycles. The normalized spacial score (nSPS) is 13.9. The fourth-order valence-electron chi connectivity index (χ4n) is 2.86. The Bertz CT molecular complexity index is 1070. The first-order valence-corrected chi connectivity index (χ1v) is 12.5. The lowest BCUT2D eigenvalue weighted by Gasteiger charge is -2.20. The summed E-state index contributed by atoms with van der Waals surface area (Å²) in [6, 6.07) is 7.77. The summed E-state index contributed by atoms with van der Waals surface area (Å²) in [5, 5.41) is 0. The first kappa shape index (κ1) is 24.0. The number of rotatable bonds is 10. The van der Waals surface area contributed by atoms with Gasteiger partial charge in [0.1, 0.15) is 25.1 Å². The summed E-state index contributed by atoms with van der Waals surface area (Å²) >= 11 is 1.43. The first-order chi connectivity index (χ1) is 15.3. The number of fused-ring (bicyclic) bond motifs is 1. The highest BCUT2D eigenvalue weighted by molar-refractivity contribution is 7.98. The van der Waals surface area contributed by atoms with Crippen molar-refractivity contribution < 1.29 is 36.6 Å². The molecule has 0 bridgehead atoms. The summed E-state index contributed by atoms with van der Waals surface area (Å²) in [6.07, 6.45) is 1.98. The molecule has 172 valence electrons. The number of esters is 1. The highest BCUT2D eigenvalue weighted by Crippen LogP contribution is 2.32. The molecule has 1 aliphatic heterocycles. The second kappa shape index (κ2) is 10.8. The van der Waals surface area contributed by atoms with Gasteiger partial charge in [0.25, 0.3) is 0 Å². The molecule has 1 heterocycles. The van der Waals surface area contributed by atoms with Gasteiger partial charge in [-0.05, 0) is 54.8 Å². The lowest BCUT2D eigenvalue weighted by atomic mass is 10.1. The second-order valence-corrected chi connectivity index (χ2v) is 9.50. The van der Waals surface area contributed by atoms with Crippen LogP contribution in [0.2, 0.25) is 0 Å². The quantitative estimate of drug-likeness (QED) is 0.406. The van der Waals surface area contributed by atoms with Gasteiger partial charge in [-0.3, -0.25) is 9.59 Å². The monoisotopic (exact) mass is 483 g/mol. The van der Waals surface area contributed by atoms with Crippen LogP contribution in [0, 0.1) is 5.82 Å². The smallest absolute Gasteiger partial charge is 0.324 e. The van der Waals surface area contributed by atoms with Crippen LogP contribution in [0.4, 0.5) is 4.39 Å². The molecule has 2 aromatic carbocycles. The van der Waals surface area contributed by atoms with Gasteiger partial charge in [-0.25, -0.2) is 12.8 Å². The third kappa shape index (κ3) is 6.21. The Kier molecular flexibility index (Phi) is 8.10. The zero-order valence-electron chi connectivity index (χ0n) is 17.2. The number of benzene rings is 2.